The molecule has 19 heavy (non-hydrogen) atoms. The van der Waals surface area contributed by atoms with Gasteiger partial charge in [0.2, 0.25) is 0 Å². The van der Waals surface area contributed by atoms with Gasteiger partial charge >= 0.3 is 0 Å². The number of halogens is 2. The molecule has 0 saturated carbocycles. The molecule has 0 radical (unpaired) electrons. The zero-order chi connectivity index (χ0) is 13.8. The van der Waals surface area contributed by atoms with Crippen molar-refractivity contribution in [2.24, 2.45) is 0 Å². The first-order valence-corrected chi connectivity index (χ1v) is 6.90. The van der Waals surface area contributed by atoms with Crippen LogP contribution in [0.15, 0.2) is 24.3 Å². The molecule has 0 spiro atoms. The predicted octanol–water partition coefficient (Wildman–Crippen LogP) is 4.65. The van der Waals surface area contributed by atoms with Crippen LogP contribution in [0.5, 0.6) is 0 Å². The second-order valence-electron chi connectivity index (χ2n) is 3.84. The molecule has 1 aromatic carbocycles. The van der Waals surface area contributed by atoms with E-state index in [1.165, 1.54) is 0 Å². The van der Waals surface area contributed by atoms with Crippen molar-refractivity contribution in [2.75, 3.05) is 6.61 Å². The molecular weight excluding hydrogens is 303 g/mol. The van der Waals surface area contributed by atoms with Gasteiger partial charge in [0.05, 0.1) is 5.69 Å². The molecule has 2 rings (SSSR count). The van der Waals surface area contributed by atoms with E-state index in [-0.39, 0.29) is 0 Å². The number of rotatable bonds is 4. The molecule has 3 nitrogen and oxygen atoms in total. The lowest BCUT2D eigenvalue weighted by atomic mass is 10.1. The summed E-state index contributed by atoms with van der Waals surface area (Å²) in [6, 6.07) is 7.03. The van der Waals surface area contributed by atoms with Gasteiger partial charge in [0.1, 0.15) is 17.1 Å². The highest BCUT2D eigenvalue weighted by molar-refractivity contribution is 7.71. The third-order valence-electron chi connectivity index (χ3n) is 2.45. The van der Waals surface area contributed by atoms with Crippen LogP contribution in [0.1, 0.15) is 12.7 Å². The maximum absolute atomic E-state index is 6.18. The van der Waals surface area contributed by atoms with Crippen molar-refractivity contribution >= 4 is 35.4 Å². The fraction of sp³-hybridized carbons (Fsp3) is 0.231. The third kappa shape index (κ3) is 3.76. The first-order chi connectivity index (χ1) is 9.10. The average Bonchev–Trinajstić information content (AvgIpc) is 2.38. The van der Waals surface area contributed by atoms with Gasteiger partial charge in [-0.2, -0.15) is 0 Å². The van der Waals surface area contributed by atoms with Crippen LogP contribution in [-0.2, 0) is 11.3 Å². The molecule has 1 heterocycles. The summed E-state index contributed by atoms with van der Waals surface area (Å²) in [7, 11) is 0. The van der Waals surface area contributed by atoms with E-state index in [0.717, 1.165) is 11.3 Å². The molecule has 0 aliphatic carbocycles. The fourth-order valence-corrected chi connectivity index (χ4v) is 2.24. The SMILES string of the molecule is CCOCc1nc(=S)cc(-c2cc(Cl)ccc2Cl)[nH]1. The second kappa shape index (κ2) is 6.48. The maximum Gasteiger partial charge on any atom is 0.134 e. The van der Waals surface area contributed by atoms with Crippen molar-refractivity contribution in [3.05, 3.63) is 44.8 Å². The van der Waals surface area contributed by atoms with E-state index in [2.05, 4.69) is 9.97 Å². The zero-order valence-corrected chi connectivity index (χ0v) is 12.6. The summed E-state index contributed by atoms with van der Waals surface area (Å²) in [5.74, 6) is 0.667. The summed E-state index contributed by atoms with van der Waals surface area (Å²) in [6.07, 6.45) is 0. The molecule has 6 heteroatoms. The number of benzene rings is 1. The Labute approximate surface area is 126 Å². The Morgan fingerprint density at radius 3 is 2.84 bits per heavy atom. The van der Waals surface area contributed by atoms with Crippen molar-refractivity contribution < 1.29 is 4.74 Å². The molecule has 0 amide bonds. The molecule has 0 unspecified atom stereocenters. The highest BCUT2D eigenvalue weighted by Gasteiger charge is 2.07. The van der Waals surface area contributed by atoms with Crippen molar-refractivity contribution in [1.82, 2.24) is 9.97 Å². The Hall–Kier alpha value is -0.940. The summed E-state index contributed by atoms with van der Waals surface area (Å²) in [4.78, 5) is 7.37. The number of hydrogen-bond acceptors (Lipinski definition) is 3. The van der Waals surface area contributed by atoms with Crippen LogP contribution in [0.25, 0.3) is 11.3 Å². The van der Waals surface area contributed by atoms with Crippen molar-refractivity contribution in [1.29, 1.82) is 0 Å². The van der Waals surface area contributed by atoms with Crippen LogP contribution in [-0.4, -0.2) is 16.6 Å². The highest BCUT2D eigenvalue weighted by Crippen LogP contribution is 2.29. The quantitative estimate of drug-likeness (QED) is 0.835. The molecule has 0 atom stereocenters. The van der Waals surface area contributed by atoms with Crippen LogP contribution in [0.2, 0.25) is 10.0 Å². The minimum atomic E-state index is 0.381. The zero-order valence-electron chi connectivity index (χ0n) is 10.2. The Morgan fingerprint density at radius 1 is 1.32 bits per heavy atom. The maximum atomic E-state index is 6.18. The summed E-state index contributed by atoms with van der Waals surface area (Å²) >= 11 is 17.3. The van der Waals surface area contributed by atoms with E-state index in [1.54, 1.807) is 24.3 Å². The molecular formula is C13H12Cl2N2OS. The molecule has 0 fully saturated rings. The average molecular weight is 315 g/mol. The Bertz CT molecular complexity index is 643. The summed E-state index contributed by atoms with van der Waals surface area (Å²) in [5, 5.41) is 1.21. The third-order valence-corrected chi connectivity index (χ3v) is 3.23. The standard InChI is InChI=1S/C13H12Cl2N2OS/c1-2-18-7-12-16-11(6-13(19)17-12)9-5-8(14)3-4-10(9)15/h3-6H,2,7H2,1H3,(H,16,17,19). The van der Waals surface area contributed by atoms with Gasteiger partial charge in [-0.15, -0.1) is 0 Å². The Kier molecular flexibility index (Phi) is 4.93. The van der Waals surface area contributed by atoms with Gasteiger partial charge in [0.25, 0.3) is 0 Å². The Morgan fingerprint density at radius 2 is 2.11 bits per heavy atom. The topological polar surface area (TPSA) is 37.9 Å². The molecule has 0 bridgehead atoms. The van der Waals surface area contributed by atoms with E-state index in [0.29, 0.717) is 33.7 Å². The Balaban J connectivity index is 2.46. The minimum absolute atomic E-state index is 0.381. The first kappa shape index (κ1) is 14.5. The number of nitrogens with one attached hydrogen (secondary N) is 1. The van der Waals surface area contributed by atoms with Crippen molar-refractivity contribution in [3.63, 3.8) is 0 Å². The molecule has 0 aliphatic heterocycles. The number of H-pyrrole nitrogens is 1. The van der Waals surface area contributed by atoms with Crippen molar-refractivity contribution in [3.8, 4) is 11.3 Å². The number of aromatic amines is 1. The molecule has 1 N–H and O–H groups in total. The minimum Gasteiger partial charge on any atom is -0.374 e. The van der Waals surface area contributed by atoms with Gasteiger partial charge in [0, 0.05) is 22.2 Å². The highest BCUT2D eigenvalue weighted by atomic mass is 35.5. The van der Waals surface area contributed by atoms with Crippen LogP contribution in [0.3, 0.4) is 0 Å². The number of hydrogen-bond donors (Lipinski definition) is 1. The van der Waals surface area contributed by atoms with Crippen LogP contribution < -0.4 is 0 Å². The second-order valence-corrected chi connectivity index (χ2v) is 5.10. The lowest BCUT2D eigenvalue weighted by Gasteiger charge is -2.08. The molecule has 0 saturated heterocycles. The molecule has 0 aliphatic rings. The van der Waals surface area contributed by atoms with E-state index in [1.807, 2.05) is 6.92 Å². The smallest absolute Gasteiger partial charge is 0.134 e. The lowest BCUT2D eigenvalue weighted by molar-refractivity contribution is 0.128. The van der Waals surface area contributed by atoms with Gasteiger partial charge in [-0.25, -0.2) is 4.98 Å². The van der Waals surface area contributed by atoms with E-state index in [4.69, 9.17) is 40.2 Å². The van der Waals surface area contributed by atoms with Gasteiger partial charge in [0.15, 0.2) is 0 Å². The monoisotopic (exact) mass is 314 g/mol. The number of ether oxygens (including phenoxy) is 1. The van der Waals surface area contributed by atoms with E-state index >= 15 is 0 Å². The summed E-state index contributed by atoms with van der Waals surface area (Å²) in [5.41, 5.74) is 1.57. The van der Waals surface area contributed by atoms with Crippen LogP contribution >= 0.6 is 35.4 Å². The fourth-order valence-electron chi connectivity index (χ4n) is 1.62. The summed E-state index contributed by atoms with van der Waals surface area (Å²) < 4.78 is 5.81. The van der Waals surface area contributed by atoms with Crippen LogP contribution in [0, 0.1) is 4.64 Å². The van der Waals surface area contributed by atoms with E-state index in [9.17, 15) is 0 Å². The predicted molar refractivity (Wildman–Crippen MR) is 80.2 cm³/mol. The normalized spacial score (nSPS) is 10.7. The largest absolute Gasteiger partial charge is 0.374 e. The van der Waals surface area contributed by atoms with E-state index < -0.39 is 0 Å². The summed E-state index contributed by atoms with van der Waals surface area (Å²) in [6.45, 7) is 2.92. The number of nitrogens with zero attached hydrogens (tertiary/aromatic N) is 1. The van der Waals surface area contributed by atoms with Crippen molar-refractivity contribution in [2.45, 2.75) is 13.5 Å². The molecule has 1 aromatic heterocycles. The number of aromatic nitrogens is 2. The lowest BCUT2D eigenvalue weighted by Crippen LogP contribution is -2.00. The van der Waals surface area contributed by atoms with Gasteiger partial charge in [-0.1, -0.05) is 35.4 Å². The molecule has 2 aromatic rings. The molecule has 100 valence electrons. The van der Waals surface area contributed by atoms with Gasteiger partial charge in [-0.05, 0) is 31.2 Å². The van der Waals surface area contributed by atoms with Gasteiger partial charge < -0.3 is 9.72 Å². The first-order valence-electron chi connectivity index (χ1n) is 5.73. The van der Waals surface area contributed by atoms with Crippen LogP contribution in [0.4, 0.5) is 0 Å². The van der Waals surface area contributed by atoms with Gasteiger partial charge in [-0.3, -0.25) is 0 Å².